The summed E-state index contributed by atoms with van der Waals surface area (Å²) in [4.78, 5) is 5.55. The number of thiophene rings is 1. The van der Waals surface area contributed by atoms with Gasteiger partial charge in [0.05, 0.1) is 0 Å². The van der Waals surface area contributed by atoms with Gasteiger partial charge in [0, 0.05) is 42.0 Å². The van der Waals surface area contributed by atoms with Crippen molar-refractivity contribution in [2.45, 2.75) is 25.8 Å². The van der Waals surface area contributed by atoms with E-state index < -0.39 is 0 Å². The Morgan fingerprint density at radius 1 is 1.47 bits per heavy atom. The number of nitrogens with one attached hydrogen (secondary N) is 1. The molecule has 0 bridgehead atoms. The Kier molecular flexibility index (Phi) is 4.77. The average molecular weight is 250 g/mol. The van der Waals surface area contributed by atoms with Crippen molar-refractivity contribution in [3.05, 3.63) is 34.5 Å². The van der Waals surface area contributed by atoms with Crippen molar-refractivity contribution >= 4 is 11.3 Å². The number of nitrogens with zero attached hydrogens (tertiary/aromatic N) is 1. The first-order valence-electron chi connectivity index (χ1n) is 6.43. The molecule has 1 atom stereocenters. The summed E-state index contributed by atoms with van der Waals surface area (Å²) in [5, 5.41) is 3.42. The summed E-state index contributed by atoms with van der Waals surface area (Å²) in [6, 6.07) is 5.13. The van der Waals surface area contributed by atoms with Crippen molar-refractivity contribution in [3.63, 3.8) is 0 Å². The Labute approximate surface area is 108 Å². The van der Waals surface area contributed by atoms with Crippen LogP contribution in [-0.4, -0.2) is 31.1 Å². The van der Waals surface area contributed by atoms with E-state index in [0.29, 0.717) is 6.04 Å². The van der Waals surface area contributed by atoms with E-state index in [1.54, 1.807) is 0 Å². The van der Waals surface area contributed by atoms with Gasteiger partial charge in [-0.15, -0.1) is 17.9 Å². The molecule has 1 aliphatic heterocycles. The van der Waals surface area contributed by atoms with Crippen LogP contribution in [0.15, 0.2) is 24.8 Å². The second kappa shape index (κ2) is 6.34. The molecular weight excluding hydrogens is 228 g/mol. The molecule has 0 amide bonds. The minimum Gasteiger partial charge on any atom is -0.314 e. The second-order valence-electron chi connectivity index (χ2n) is 4.62. The predicted octanol–water partition coefficient (Wildman–Crippen LogP) is 2.97. The first-order valence-corrected chi connectivity index (χ1v) is 7.25. The van der Waals surface area contributed by atoms with E-state index in [0.717, 1.165) is 19.5 Å². The molecule has 2 heterocycles. The van der Waals surface area contributed by atoms with E-state index in [1.807, 2.05) is 17.4 Å². The van der Waals surface area contributed by atoms with Crippen LogP contribution in [-0.2, 0) is 0 Å². The van der Waals surface area contributed by atoms with Gasteiger partial charge in [0.15, 0.2) is 0 Å². The molecule has 0 unspecified atom stereocenters. The third-order valence-electron chi connectivity index (χ3n) is 3.33. The maximum absolute atomic E-state index is 3.85. The lowest BCUT2D eigenvalue weighted by Gasteiger charge is -2.34. The zero-order chi connectivity index (χ0) is 12.1. The molecule has 1 fully saturated rings. The standard InChI is InChI=1S/C14H22N2S/c1-3-4-5-13(14-7-6-12(2)17-14)16-10-8-15-9-11-16/h3,6-7,13,15H,1,4-5,8-11H2,2H3/t13-/m1/s1. The number of piperazine rings is 1. The van der Waals surface area contributed by atoms with Crippen LogP contribution in [0.25, 0.3) is 0 Å². The normalized spacial score (nSPS) is 19.1. The van der Waals surface area contributed by atoms with Crippen molar-refractivity contribution in [2.24, 2.45) is 0 Å². The molecule has 3 heteroatoms. The van der Waals surface area contributed by atoms with E-state index >= 15 is 0 Å². The Hall–Kier alpha value is -0.640. The molecule has 0 aromatic carbocycles. The molecule has 1 aromatic rings. The monoisotopic (exact) mass is 250 g/mol. The number of aryl methyl sites for hydroxylation is 1. The second-order valence-corrected chi connectivity index (χ2v) is 5.94. The lowest BCUT2D eigenvalue weighted by molar-refractivity contribution is 0.168. The zero-order valence-corrected chi connectivity index (χ0v) is 11.4. The maximum atomic E-state index is 3.85. The van der Waals surface area contributed by atoms with Crippen molar-refractivity contribution in [3.8, 4) is 0 Å². The fourth-order valence-electron chi connectivity index (χ4n) is 2.41. The first-order chi connectivity index (χ1) is 8.31. The third-order valence-corrected chi connectivity index (χ3v) is 4.43. The Morgan fingerprint density at radius 2 is 2.24 bits per heavy atom. The predicted molar refractivity (Wildman–Crippen MR) is 75.7 cm³/mol. The molecule has 2 nitrogen and oxygen atoms in total. The Balaban J connectivity index is 2.08. The molecule has 0 aliphatic carbocycles. The number of hydrogen-bond donors (Lipinski definition) is 1. The van der Waals surface area contributed by atoms with Crippen molar-refractivity contribution in [2.75, 3.05) is 26.2 Å². The highest BCUT2D eigenvalue weighted by molar-refractivity contribution is 7.12. The van der Waals surface area contributed by atoms with Crippen LogP contribution < -0.4 is 5.32 Å². The van der Waals surface area contributed by atoms with Gasteiger partial charge in [0.2, 0.25) is 0 Å². The van der Waals surface area contributed by atoms with Crippen LogP contribution in [0, 0.1) is 6.92 Å². The molecule has 0 radical (unpaired) electrons. The van der Waals surface area contributed by atoms with Crippen molar-refractivity contribution in [1.82, 2.24) is 10.2 Å². The molecule has 17 heavy (non-hydrogen) atoms. The van der Waals surface area contributed by atoms with E-state index in [2.05, 4.69) is 35.9 Å². The minimum atomic E-state index is 0.591. The van der Waals surface area contributed by atoms with Crippen molar-refractivity contribution in [1.29, 1.82) is 0 Å². The molecule has 94 valence electrons. The minimum absolute atomic E-state index is 0.591. The summed E-state index contributed by atoms with van der Waals surface area (Å²) >= 11 is 1.94. The van der Waals surface area contributed by atoms with Crippen LogP contribution in [0.3, 0.4) is 0 Å². The lowest BCUT2D eigenvalue weighted by Crippen LogP contribution is -2.45. The van der Waals surface area contributed by atoms with Gasteiger partial charge < -0.3 is 5.32 Å². The quantitative estimate of drug-likeness (QED) is 0.808. The molecule has 0 saturated carbocycles. The SMILES string of the molecule is C=CCC[C@H](c1ccc(C)s1)N1CCNCC1. The van der Waals surface area contributed by atoms with Crippen LogP contribution in [0.2, 0.25) is 0 Å². The summed E-state index contributed by atoms with van der Waals surface area (Å²) in [7, 11) is 0. The van der Waals surface area contributed by atoms with Crippen LogP contribution in [0.4, 0.5) is 0 Å². The van der Waals surface area contributed by atoms with E-state index in [4.69, 9.17) is 0 Å². The highest BCUT2D eigenvalue weighted by Gasteiger charge is 2.22. The van der Waals surface area contributed by atoms with Gasteiger partial charge in [-0.05, 0) is 31.9 Å². The number of hydrogen-bond acceptors (Lipinski definition) is 3. The van der Waals surface area contributed by atoms with Gasteiger partial charge in [-0.3, -0.25) is 4.90 Å². The third kappa shape index (κ3) is 3.41. The van der Waals surface area contributed by atoms with Gasteiger partial charge in [-0.2, -0.15) is 0 Å². The summed E-state index contributed by atoms with van der Waals surface area (Å²) in [5.74, 6) is 0. The average Bonchev–Trinajstić information content (AvgIpc) is 2.78. The molecule has 0 spiro atoms. The first kappa shape index (κ1) is 12.8. The van der Waals surface area contributed by atoms with E-state index in [9.17, 15) is 0 Å². The topological polar surface area (TPSA) is 15.3 Å². The fourth-order valence-corrected chi connectivity index (χ4v) is 3.45. The highest BCUT2D eigenvalue weighted by Crippen LogP contribution is 2.31. The molecule has 1 aromatic heterocycles. The molecule has 1 N–H and O–H groups in total. The maximum Gasteiger partial charge on any atom is 0.0445 e. The molecule has 2 rings (SSSR count). The Bertz CT molecular complexity index is 353. The molecular formula is C14H22N2S. The highest BCUT2D eigenvalue weighted by atomic mass is 32.1. The molecule has 1 aliphatic rings. The summed E-state index contributed by atoms with van der Waals surface area (Å²) in [5.41, 5.74) is 0. The largest absolute Gasteiger partial charge is 0.314 e. The smallest absolute Gasteiger partial charge is 0.0445 e. The summed E-state index contributed by atoms with van der Waals surface area (Å²) in [6.07, 6.45) is 4.34. The number of rotatable bonds is 5. The Morgan fingerprint density at radius 3 is 2.82 bits per heavy atom. The van der Waals surface area contributed by atoms with E-state index in [1.165, 1.54) is 29.3 Å². The zero-order valence-electron chi connectivity index (χ0n) is 10.6. The lowest BCUT2D eigenvalue weighted by atomic mass is 10.1. The van der Waals surface area contributed by atoms with Crippen LogP contribution in [0.1, 0.15) is 28.6 Å². The van der Waals surface area contributed by atoms with Gasteiger partial charge >= 0.3 is 0 Å². The van der Waals surface area contributed by atoms with Gasteiger partial charge in [-0.1, -0.05) is 6.08 Å². The van der Waals surface area contributed by atoms with Crippen LogP contribution in [0.5, 0.6) is 0 Å². The fraction of sp³-hybridized carbons (Fsp3) is 0.571. The summed E-state index contributed by atoms with van der Waals surface area (Å²) < 4.78 is 0. The van der Waals surface area contributed by atoms with Gasteiger partial charge in [0.25, 0.3) is 0 Å². The van der Waals surface area contributed by atoms with Gasteiger partial charge in [0.1, 0.15) is 0 Å². The summed E-state index contributed by atoms with van der Waals surface area (Å²) in [6.45, 7) is 10.6. The van der Waals surface area contributed by atoms with E-state index in [-0.39, 0.29) is 0 Å². The van der Waals surface area contributed by atoms with Crippen molar-refractivity contribution < 1.29 is 0 Å². The molecule has 1 saturated heterocycles. The van der Waals surface area contributed by atoms with Gasteiger partial charge in [-0.25, -0.2) is 0 Å². The van der Waals surface area contributed by atoms with Crippen LogP contribution >= 0.6 is 11.3 Å². The number of allylic oxidation sites excluding steroid dienone is 1.